The molecule has 0 bridgehead atoms. The lowest BCUT2D eigenvalue weighted by atomic mass is 10.1. The number of rotatable bonds is 5. The average molecular weight is 422 g/mol. The third-order valence-electron chi connectivity index (χ3n) is 4.66. The lowest BCUT2D eigenvalue weighted by Gasteiger charge is -2.10. The predicted molar refractivity (Wildman–Crippen MR) is 113 cm³/mol. The molecule has 3 heterocycles. The Bertz CT molecular complexity index is 1390. The number of aryl methyl sites for hydroxylation is 2. The minimum absolute atomic E-state index is 0.153. The van der Waals surface area contributed by atoms with Crippen LogP contribution >= 0.6 is 0 Å². The molecule has 0 aliphatic rings. The first-order valence-corrected chi connectivity index (χ1v) is 10.4. The van der Waals surface area contributed by atoms with E-state index in [1.54, 1.807) is 42.9 Å². The summed E-state index contributed by atoms with van der Waals surface area (Å²) in [6.07, 6.45) is 5.65. The number of fused-ring (bicyclic) bond motifs is 1. The van der Waals surface area contributed by atoms with Gasteiger partial charge in [0.2, 0.25) is 0 Å². The SMILES string of the molecule is Cc1ccccc1S(=O)(=O)Nc1cncc(C(=O)c2cn(C)c3ncnc(N)c23)c1. The van der Waals surface area contributed by atoms with E-state index in [2.05, 4.69) is 19.7 Å². The number of anilines is 2. The van der Waals surface area contributed by atoms with Gasteiger partial charge in [0.1, 0.15) is 17.8 Å². The quantitative estimate of drug-likeness (QED) is 0.471. The van der Waals surface area contributed by atoms with Gasteiger partial charge >= 0.3 is 0 Å². The monoisotopic (exact) mass is 422 g/mol. The molecule has 0 spiro atoms. The molecule has 0 unspecified atom stereocenters. The minimum Gasteiger partial charge on any atom is -0.383 e. The first-order chi connectivity index (χ1) is 14.3. The van der Waals surface area contributed by atoms with Crippen LogP contribution < -0.4 is 10.5 Å². The molecule has 4 rings (SSSR count). The van der Waals surface area contributed by atoms with Crippen molar-refractivity contribution in [2.24, 2.45) is 7.05 Å². The second-order valence-corrected chi connectivity index (χ2v) is 8.42. The second-order valence-electron chi connectivity index (χ2n) is 6.77. The van der Waals surface area contributed by atoms with Crippen LogP contribution in [-0.2, 0) is 17.1 Å². The topological polar surface area (TPSA) is 133 Å². The van der Waals surface area contributed by atoms with Crippen molar-refractivity contribution in [3.63, 3.8) is 0 Å². The number of hydrogen-bond donors (Lipinski definition) is 2. The summed E-state index contributed by atoms with van der Waals surface area (Å²) in [5.41, 5.74) is 7.78. The largest absolute Gasteiger partial charge is 0.383 e. The lowest BCUT2D eigenvalue weighted by molar-refractivity contribution is 0.103. The molecule has 9 nitrogen and oxygen atoms in total. The molecule has 30 heavy (non-hydrogen) atoms. The highest BCUT2D eigenvalue weighted by molar-refractivity contribution is 7.92. The van der Waals surface area contributed by atoms with Crippen molar-refractivity contribution >= 4 is 38.3 Å². The van der Waals surface area contributed by atoms with E-state index in [1.807, 2.05) is 0 Å². The Balaban J connectivity index is 1.71. The van der Waals surface area contributed by atoms with Gasteiger partial charge in [0.05, 0.1) is 27.7 Å². The standard InChI is InChI=1S/C20H18N6O3S/c1-12-5-3-4-6-16(12)30(28,29)25-14-7-13(8-22-9-14)18(27)15-10-26(2)20-17(15)19(21)23-11-24-20/h3-11,25H,1-2H3,(H2,21,23,24). The van der Waals surface area contributed by atoms with Gasteiger partial charge in [0.25, 0.3) is 10.0 Å². The summed E-state index contributed by atoms with van der Waals surface area (Å²) in [5.74, 6) is -0.181. The molecular formula is C20H18N6O3S. The Morgan fingerprint density at radius 3 is 2.70 bits per heavy atom. The van der Waals surface area contributed by atoms with Gasteiger partial charge in [-0.25, -0.2) is 18.4 Å². The maximum atomic E-state index is 13.1. The Morgan fingerprint density at radius 1 is 1.17 bits per heavy atom. The normalized spacial score (nSPS) is 11.5. The maximum absolute atomic E-state index is 13.1. The van der Waals surface area contributed by atoms with E-state index in [4.69, 9.17) is 5.73 Å². The van der Waals surface area contributed by atoms with Crippen LogP contribution in [0.2, 0.25) is 0 Å². The number of pyridine rings is 1. The van der Waals surface area contributed by atoms with Gasteiger partial charge in [-0.1, -0.05) is 18.2 Å². The molecule has 1 aromatic carbocycles. The van der Waals surface area contributed by atoms with Gasteiger partial charge in [-0.15, -0.1) is 0 Å². The van der Waals surface area contributed by atoms with Gasteiger partial charge in [0, 0.05) is 25.0 Å². The van der Waals surface area contributed by atoms with Gasteiger partial charge in [0.15, 0.2) is 5.78 Å². The number of carbonyl (C=O) groups is 1. The number of nitrogens with zero attached hydrogens (tertiary/aromatic N) is 4. The second kappa shape index (κ2) is 7.23. The fourth-order valence-corrected chi connectivity index (χ4v) is 4.53. The number of sulfonamides is 1. The number of nitrogen functional groups attached to an aromatic ring is 1. The van der Waals surface area contributed by atoms with Crippen molar-refractivity contribution in [3.8, 4) is 0 Å². The summed E-state index contributed by atoms with van der Waals surface area (Å²) in [6.45, 7) is 1.71. The zero-order chi connectivity index (χ0) is 21.5. The summed E-state index contributed by atoms with van der Waals surface area (Å²) in [6, 6.07) is 8.06. The van der Waals surface area contributed by atoms with E-state index in [0.29, 0.717) is 22.2 Å². The molecule has 3 N–H and O–H groups in total. The van der Waals surface area contributed by atoms with Gasteiger partial charge in [-0.2, -0.15) is 0 Å². The molecule has 3 aromatic heterocycles. The molecular weight excluding hydrogens is 404 g/mol. The molecule has 0 saturated heterocycles. The van der Waals surface area contributed by atoms with Crippen LogP contribution in [0.4, 0.5) is 11.5 Å². The molecule has 0 fully saturated rings. The van der Waals surface area contributed by atoms with E-state index >= 15 is 0 Å². The fraction of sp³-hybridized carbons (Fsp3) is 0.100. The summed E-state index contributed by atoms with van der Waals surface area (Å²) in [7, 11) is -2.09. The number of benzene rings is 1. The smallest absolute Gasteiger partial charge is 0.262 e. The van der Waals surface area contributed by atoms with Crippen LogP contribution in [0, 0.1) is 6.92 Å². The van der Waals surface area contributed by atoms with E-state index in [9.17, 15) is 13.2 Å². The van der Waals surface area contributed by atoms with Crippen LogP contribution in [-0.4, -0.2) is 33.7 Å². The Hall–Kier alpha value is -3.79. The van der Waals surface area contributed by atoms with Crippen molar-refractivity contribution in [1.29, 1.82) is 0 Å². The first-order valence-electron chi connectivity index (χ1n) is 8.91. The molecule has 0 amide bonds. The average Bonchev–Trinajstić information content (AvgIpc) is 3.05. The lowest BCUT2D eigenvalue weighted by Crippen LogP contribution is -2.15. The van der Waals surface area contributed by atoms with Gasteiger partial charge in [-0.05, 0) is 24.6 Å². The number of carbonyl (C=O) groups excluding carboxylic acids is 1. The number of aromatic nitrogens is 4. The van der Waals surface area contributed by atoms with Crippen molar-refractivity contribution in [2.45, 2.75) is 11.8 Å². The van der Waals surface area contributed by atoms with E-state index in [1.165, 1.54) is 30.9 Å². The summed E-state index contributed by atoms with van der Waals surface area (Å²) in [4.78, 5) is 25.4. The molecule has 0 radical (unpaired) electrons. The van der Waals surface area contributed by atoms with Crippen LogP contribution in [0.1, 0.15) is 21.5 Å². The van der Waals surface area contributed by atoms with Crippen LogP contribution in [0.5, 0.6) is 0 Å². The molecule has 4 aromatic rings. The number of ketones is 1. The van der Waals surface area contributed by atoms with Crippen molar-refractivity contribution in [3.05, 3.63) is 71.9 Å². The van der Waals surface area contributed by atoms with Crippen molar-refractivity contribution in [2.75, 3.05) is 10.5 Å². The summed E-state index contributed by atoms with van der Waals surface area (Å²) in [5, 5.41) is 0.441. The highest BCUT2D eigenvalue weighted by Gasteiger charge is 2.21. The Kier molecular flexibility index (Phi) is 4.70. The predicted octanol–water partition coefficient (Wildman–Crippen LogP) is 2.29. The van der Waals surface area contributed by atoms with E-state index in [-0.39, 0.29) is 27.7 Å². The maximum Gasteiger partial charge on any atom is 0.262 e. The number of hydrogen-bond acceptors (Lipinski definition) is 7. The summed E-state index contributed by atoms with van der Waals surface area (Å²) >= 11 is 0. The molecule has 10 heteroatoms. The van der Waals surface area contributed by atoms with Crippen LogP contribution in [0.3, 0.4) is 0 Å². The summed E-state index contributed by atoms with van der Waals surface area (Å²) < 4.78 is 29.6. The highest BCUT2D eigenvalue weighted by Crippen LogP contribution is 2.26. The molecule has 0 atom stereocenters. The fourth-order valence-electron chi connectivity index (χ4n) is 3.25. The van der Waals surface area contributed by atoms with Gasteiger partial charge < -0.3 is 10.3 Å². The van der Waals surface area contributed by atoms with E-state index in [0.717, 1.165) is 0 Å². The third-order valence-corrected chi connectivity index (χ3v) is 6.20. The third kappa shape index (κ3) is 3.37. The zero-order valence-corrected chi connectivity index (χ0v) is 17.0. The number of nitrogens with two attached hydrogens (primary N) is 1. The molecule has 0 aliphatic heterocycles. The zero-order valence-electron chi connectivity index (χ0n) is 16.2. The van der Waals surface area contributed by atoms with Crippen molar-refractivity contribution < 1.29 is 13.2 Å². The van der Waals surface area contributed by atoms with E-state index < -0.39 is 10.0 Å². The Labute approximate surface area is 172 Å². The van der Waals surface area contributed by atoms with Gasteiger partial charge in [-0.3, -0.25) is 14.5 Å². The number of nitrogens with one attached hydrogen (secondary N) is 1. The van der Waals surface area contributed by atoms with Crippen molar-refractivity contribution in [1.82, 2.24) is 19.5 Å². The first kappa shape index (κ1) is 19.5. The highest BCUT2D eigenvalue weighted by atomic mass is 32.2. The molecule has 152 valence electrons. The Morgan fingerprint density at radius 2 is 1.93 bits per heavy atom. The van der Waals surface area contributed by atoms with Crippen LogP contribution in [0.25, 0.3) is 11.0 Å². The molecule has 0 aliphatic carbocycles. The molecule has 0 saturated carbocycles. The minimum atomic E-state index is -3.83. The van der Waals surface area contributed by atoms with Crippen LogP contribution in [0.15, 0.2) is 60.1 Å².